The maximum atomic E-state index is 9.27. The number of ether oxygens (including phenoxy) is 1. The van der Waals surface area contributed by atoms with Gasteiger partial charge in [0.25, 0.3) is 0 Å². The Bertz CT molecular complexity index is 863. The molecule has 3 rings (SSSR count). The number of nitriles is 1. The number of aryl methyl sites for hydroxylation is 2. The lowest BCUT2D eigenvalue weighted by Gasteiger charge is -2.10. The van der Waals surface area contributed by atoms with Gasteiger partial charge in [-0.2, -0.15) is 5.26 Å². The van der Waals surface area contributed by atoms with Crippen molar-refractivity contribution in [2.45, 2.75) is 13.8 Å². The molecule has 0 amide bonds. The van der Waals surface area contributed by atoms with Gasteiger partial charge in [0.05, 0.1) is 5.69 Å². The zero-order valence-electron chi connectivity index (χ0n) is 11.9. The number of benzene rings is 2. The smallest absolute Gasteiger partial charge is 0.148 e. The molecule has 0 fully saturated rings. The van der Waals surface area contributed by atoms with E-state index in [9.17, 15) is 5.26 Å². The Labute approximate surface area is 123 Å². The zero-order valence-corrected chi connectivity index (χ0v) is 11.9. The predicted octanol–water partition coefficient (Wildman–Crippen LogP) is 4.52. The minimum atomic E-state index is 0.480. The molecule has 3 nitrogen and oxygen atoms in total. The summed E-state index contributed by atoms with van der Waals surface area (Å²) < 4.78 is 5.91. The fraction of sp³-hybridized carbons (Fsp3) is 0.111. The van der Waals surface area contributed by atoms with E-state index in [2.05, 4.69) is 17.1 Å². The van der Waals surface area contributed by atoms with Crippen LogP contribution >= 0.6 is 0 Å². The van der Waals surface area contributed by atoms with Gasteiger partial charge >= 0.3 is 0 Å². The standard InChI is InChI=1S/C18H14N2O/c1-12-9-18(17(11-19)13(2)20-12)21-16-8-7-14-5-3-4-6-15(14)10-16/h3-10H,1-2H3. The van der Waals surface area contributed by atoms with Crippen molar-refractivity contribution in [1.82, 2.24) is 4.98 Å². The molecular weight excluding hydrogens is 260 g/mol. The molecule has 0 aliphatic rings. The summed E-state index contributed by atoms with van der Waals surface area (Å²) in [5.41, 5.74) is 2.00. The first kappa shape index (κ1) is 13.1. The Kier molecular flexibility index (Phi) is 3.29. The van der Waals surface area contributed by atoms with E-state index in [4.69, 9.17) is 4.74 Å². The van der Waals surface area contributed by atoms with Crippen LogP contribution in [0, 0.1) is 25.2 Å². The molecule has 0 saturated carbocycles. The molecule has 21 heavy (non-hydrogen) atoms. The number of hydrogen-bond donors (Lipinski definition) is 0. The molecule has 0 bridgehead atoms. The van der Waals surface area contributed by atoms with E-state index in [1.807, 2.05) is 50.2 Å². The van der Waals surface area contributed by atoms with Crippen LogP contribution in [-0.4, -0.2) is 4.98 Å². The topological polar surface area (TPSA) is 45.9 Å². The third-order valence-electron chi connectivity index (χ3n) is 3.35. The van der Waals surface area contributed by atoms with Gasteiger partial charge in [-0.05, 0) is 36.8 Å². The number of aromatic nitrogens is 1. The average Bonchev–Trinajstić information content (AvgIpc) is 2.47. The minimum absolute atomic E-state index is 0.480. The number of pyridine rings is 1. The van der Waals surface area contributed by atoms with Crippen LogP contribution in [0.2, 0.25) is 0 Å². The maximum Gasteiger partial charge on any atom is 0.148 e. The third kappa shape index (κ3) is 2.56. The van der Waals surface area contributed by atoms with Crippen LogP contribution in [0.25, 0.3) is 10.8 Å². The summed E-state index contributed by atoms with van der Waals surface area (Å²) in [6, 6.07) is 17.9. The first-order chi connectivity index (χ1) is 10.2. The molecule has 0 aliphatic heterocycles. The van der Waals surface area contributed by atoms with Crippen molar-refractivity contribution in [2.75, 3.05) is 0 Å². The lowest BCUT2D eigenvalue weighted by molar-refractivity contribution is 0.480. The lowest BCUT2D eigenvalue weighted by atomic mass is 10.1. The summed E-state index contributed by atoms with van der Waals surface area (Å²) >= 11 is 0. The van der Waals surface area contributed by atoms with Crippen LogP contribution in [-0.2, 0) is 0 Å². The minimum Gasteiger partial charge on any atom is -0.456 e. The number of fused-ring (bicyclic) bond motifs is 1. The second-order valence-electron chi connectivity index (χ2n) is 4.95. The van der Waals surface area contributed by atoms with Crippen LogP contribution < -0.4 is 4.74 Å². The molecule has 1 aromatic heterocycles. The molecule has 2 aromatic carbocycles. The third-order valence-corrected chi connectivity index (χ3v) is 3.35. The molecule has 0 spiro atoms. The van der Waals surface area contributed by atoms with Gasteiger partial charge < -0.3 is 4.74 Å². The van der Waals surface area contributed by atoms with E-state index in [1.54, 1.807) is 6.07 Å². The van der Waals surface area contributed by atoms with E-state index < -0.39 is 0 Å². The Morgan fingerprint density at radius 2 is 1.76 bits per heavy atom. The highest BCUT2D eigenvalue weighted by Gasteiger charge is 2.10. The van der Waals surface area contributed by atoms with Crippen molar-refractivity contribution in [3.8, 4) is 17.6 Å². The average molecular weight is 274 g/mol. The van der Waals surface area contributed by atoms with Crippen LogP contribution in [0.5, 0.6) is 11.5 Å². The van der Waals surface area contributed by atoms with Crippen molar-refractivity contribution in [2.24, 2.45) is 0 Å². The van der Waals surface area contributed by atoms with Crippen LogP contribution in [0.1, 0.15) is 17.0 Å². The van der Waals surface area contributed by atoms with E-state index in [-0.39, 0.29) is 0 Å². The Morgan fingerprint density at radius 1 is 1.00 bits per heavy atom. The summed E-state index contributed by atoms with van der Waals surface area (Å²) in [6.07, 6.45) is 0. The van der Waals surface area contributed by atoms with Gasteiger partial charge in [0, 0.05) is 11.8 Å². The van der Waals surface area contributed by atoms with Crippen LogP contribution in [0.4, 0.5) is 0 Å². The summed E-state index contributed by atoms with van der Waals surface area (Å²) in [6.45, 7) is 3.71. The number of nitrogens with zero attached hydrogens (tertiary/aromatic N) is 2. The predicted molar refractivity (Wildman–Crippen MR) is 82.4 cm³/mol. The Morgan fingerprint density at radius 3 is 2.52 bits per heavy atom. The molecule has 0 saturated heterocycles. The summed E-state index contributed by atoms with van der Waals surface area (Å²) in [4.78, 5) is 4.29. The fourth-order valence-corrected chi connectivity index (χ4v) is 2.37. The second kappa shape index (κ2) is 5.26. The highest BCUT2D eigenvalue weighted by molar-refractivity contribution is 5.83. The van der Waals surface area contributed by atoms with Gasteiger partial charge in [-0.15, -0.1) is 0 Å². The second-order valence-corrected chi connectivity index (χ2v) is 4.95. The van der Waals surface area contributed by atoms with Gasteiger partial charge in [-0.25, -0.2) is 0 Å². The van der Waals surface area contributed by atoms with Crippen molar-refractivity contribution in [3.63, 3.8) is 0 Å². The van der Waals surface area contributed by atoms with Gasteiger partial charge in [0.1, 0.15) is 23.1 Å². The molecule has 0 atom stereocenters. The fourth-order valence-electron chi connectivity index (χ4n) is 2.37. The van der Waals surface area contributed by atoms with E-state index in [0.29, 0.717) is 17.0 Å². The Balaban J connectivity index is 2.04. The van der Waals surface area contributed by atoms with E-state index >= 15 is 0 Å². The summed E-state index contributed by atoms with van der Waals surface area (Å²) in [5.74, 6) is 1.27. The molecule has 3 aromatic rings. The van der Waals surface area contributed by atoms with Gasteiger partial charge in [-0.1, -0.05) is 30.3 Å². The monoisotopic (exact) mass is 274 g/mol. The van der Waals surface area contributed by atoms with Crippen molar-refractivity contribution < 1.29 is 4.74 Å². The maximum absolute atomic E-state index is 9.27. The van der Waals surface area contributed by atoms with Crippen LogP contribution in [0.3, 0.4) is 0 Å². The first-order valence-corrected chi connectivity index (χ1v) is 6.72. The SMILES string of the molecule is Cc1cc(Oc2ccc3ccccc3c2)c(C#N)c(C)n1. The molecule has 0 N–H and O–H groups in total. The highest BCUT2D eigenvalue weighted by Crippen LogP contribution is 2.29. The molecule has 0 unspecified atom stereocenters. The quantitative estimate of drug-likeness (QED) is 0.690. The van der Waals surface area contributed by atoms with Crippen LogP contribution in [0.15, 0.2) is 48.5 Å². The summed E-state index contributed by atoms with van der Waals surface area (Å²) in [7, 11) is 0. The molecule has 1 heterocycles. The summed E-state index contributed by atoms with van der Waals surface area (Å²) in [5, 5.41) is 11.5. The van der Waals surface area contributed by atoms with Gasteiger partial charge in [0.15, 0.2) is 0 Å². The zero-order chi connectivity index (χ0) is 14.8. The van der Waals surface area contributed by atoms with Crippen molar-refractivity contribution in [1.29, 1.82) is 5.26 Å². The van der Waals surface area contributed by atoms with E-state index in [1.165, 1.54) is 0 Å². The van der Waals surface area contributed by atoms with Crippen molar-refractivity contribution >= 4 is 10.8 Å². The highest BCUT2D eigenvalue weighted by atomic mass is 16.5. The molecule has 3 heteroatoms. The molecule has 0 aliphatic carbocycles. The Hall–Kier alpha value is -2.86. The largest absolute Gasteiger partial charge is 0.456 e. The van der Waals surface area contributed by atoms with Crippen molar-refractivity contribution in [3.05, 3.63) is 65.5 Å². The molecule has 102 valence electrons. The number of hydrogen-bond acceptors (Lipinski definition) is 3. The molecule has 0 radical (unpaired) electrons. The first-order valence-electron chi connectivity index (χ1n) is 6.72. The van der Waals surface area contributed by atoms with Gasteiger partial charge in [0.2, 0.25) is 0 Å². The molecular formula is C18H14N2O. The van der Waals surface area contributed by atoms with E-state index in [0.717, 1.165) is 22.2 Å². The normalized spacial score (nSPS) is 10.3. The van der Waals surface area contributed by atoms with Gasteiger partial charge in [-0.3, -0.25) is 4.98 Å². The lowest BCUT2D eigenvalue weighted by Crippen LogP contribution is -1.96. The number of rotatable bonds is 2.